The highest BCUT2D eigenvalue weighted by Crippen LogP contribution is 2.31. The van der Waals surface area contributed by atoms with Crippen molar-refractivity contribution < 1.29 is 9.90 Å². The van der Waals surface area contributed by atoms with Crippen molar-refractivity contribution in [3.05, 3.63) is 49.6 Å². The quantitative estimate of drug-likeness (QED) is 0.803. The molecular formula is C13H11BrClNO2S. The van der Waals surface area contributed by atoms with Crippen molar-refractivity contribution >= 4 is 50.5 Å². The predicted molar refractivity (Wildman–Crippen MR) is 82.5 cm³/mol. The number of hydrogen-bond acceptors (Lipinski definition) is 3. The zero-order valence-corrected chi connectivity index (χ0v) is 13.1. The molecule has 0 radical (unpaired) electrons. The van der Waals surface area contributed by atoms with E-state index in [-0.39, 0.29) is 16.6 Å². The Bertz CT molecular complexity index is 614. The van der Waals surface area contributed by atoms with Gasteiger partial charge in [0.2, 0.25) is 0 Å². The van der Waals surface area contributed by atoms with Crippen molar-refractivity contribution in [2.24, 2.45) is 0 Å². The third-order valence-electron chi connectivity index (χ3n) is 2.62. The molecule has 2 N–H and O–H groups in total. The molecule has 3 nitrogen and oxygen atoms in total. The number of benzene rings is 1. The molecule has 0 spiro atoms. The van der Waals surface area contributed by atoms with Crippen LogP contribution < -0.4 is 5.32 Å². The van der Waals surface area contributed by atoms with E-state index in [4.69, 9.17) is 16.7 Å². The van der Waals surface area contributed by atoms with Crippen molar-refractivity contribution in [2.75, 3.05) is 5.32 Å². The Morgan fingerprint density at radius 3 is 2.79 bits per heavy atom. The van der Waals surface area contributed by atoms with E-state index in [9.17, 15) is 4.79 Å². The molecule has 2 aromatic rings. The molecule has 0 saturated carbocycles. The number of rotatable bonds is 4. The molecule has 6 heteroatoms. The second-order valence-electron chi connectivity index (χ2n) is 4.00. The van der Waals surface area contributed by atoms with Gasteiger partial charge in [-0.25, -0.2) is 4.79 Å². The summed E-state index contributed by atoms with van der Waals surface area (Å²) < 4.78 is 1.05. The maximum atomic E-state index is 11.0. The third-order valence-corrected chi connectivity index (χ3v) is 5.00. The van der Waals surface area contributed by atoms with Gasteiger partial charge in [-0.3, -0.25) is 0 Å². The van der Waals surface area contributed by atoms with Crippen molar-refractivity contribution in [1.82, 2.24) is 0 Å². The molecule has 0 fully saturated rings. The summed E-state index contributed by atoms with van der Waals surface area (Å²) in [5.41, 5.74) is 0.832. The number of nitrogens with one attached hydrogen (secondary N) is 1. The fourth-order valence-corrected chi connectivity index (χ4v) is 3.63. The fraction of sp³-hybridized carbons (Fsp3) is 0.154. The molecule has 1 unspecified atom stereocenters. The Hall–Kier alpha value is -1.04. The van der Waals surface area contributed by atoms with E-state index in [0.717, 1.165) is 15.0 Å². The molecule has 19 heavy (non-hydrogen) atoms. The lowest BCUT2D eigenvalue weighted by Crippen LogP contribution is -2.07. The van der Waals surface area contributed by atoms with Crippen molar-refractivity contribution in [3.8, 4) is 0 Å². The zero-order chi connectivity index (χ0) is 14.0. The van der Waals surface area contributed by atoms with Gasteiger partial charge in [-0.05, 0) is 52.5 Å². The van der Waals surface area contributed by atoms with Crippen molar-refractivity contribution in [3.63, 3.8) is 0 Å². The van der Waals surface area contributed by atoms with E-state index in [0.29, 0.717) is 0 Å². The van der Waals surface area contributed by atoms with Crippen LogP contribution in [0.1, 0.15) is 28.2 Å². The van der Waals surface area contributed by atoms with Gasteiger partial charge in [-0.15, -0.1) is 11.3 Å². The summed E-state index contributed by atoms with van der Waals surface area (Å²) in [6, 6.07) is 6.97. The molecule has 1 atom stereocenters. The molecule has 0 aliphatic rings. The van der Waals surface area contributed by atoms with Crippen LogP contribution in [0.2, 0.25) is 5.02 Å². The van der Waals surface area contributed by atoms with Gasteiger partial charge in [0.15, 0.2) is 0 Å². The number of carbonyl (C=O) groups is 1. The van der Waals surface area contributed by atoms with Crippen LogP contribution in [-0.4, -0.2) is 11.1 Å². The van der Waals surface area contributed by atoms with E-state index < -0.39 is 5.97 Å². The predicted octanol–water partition coefficient (Wildman–Crippen LogP) is 5.04. The van der Waals surface area contributed by atoms with Gasteiger partial charge in [0, 0.05) is 15.0 Å². The minimum atomic E-state index is -1.03. The Labute approximate surface area is 128 Å². The van der Waals surface area contributed by atoms with E-state index in [1.54, 1.807) is 29.5 Å². The van der Waals surface area contributed by atoms with Crippen LogP contribution in [0.4, 0.5) is 5.69 Å². The number of hydrogen-bond donors (Lipinski definition) is 2. The zero-order valence-electron chi connectivity index (χ0n) is 9.98. The van der Waals surface area contributed by atoms with Crippen LogP contribution in [0.5, 0.6) is 0 Å². The minimum Gasteiger partial charge on any atom is -0.478 e. The van der Waals surface area contributed by atoms with Crippen LogP contribution in [0.15, 0.2) is 34.1 Å². The number of anilines is 1. The topological polar surface area (TPSA) is 49.3 Å². The van der Waals surface area contributed by atoms with Gasteiger partial charge >= 0.3 is 5.97 Å². The Morgan fingerprint density at radius 1 is 1.47 bits per heavy atom. The molecule has 0 amide bonds. The van der Waals surface area contributed by atoms with Crippen molar-refractivity contribution in [1.29, 1.82) is 0 Å². The SMILES string of the molecule is CC(Nc1ccc(Cl)c(C(=O)O)c1)c1sccc1Br. The highest BCUT2D eigenvalue weighted by molar-refractivity contribution is 9.10. The lowest BCUT2D eigenvalue weighted by Gasteiger charge is -2.15. The van der Waals surface area contributed by atoms with E-state index in [1.165, 1.54) is 0 Å². The Morgan fingerprint density at radius 2 is 2.21 bits per heavy atom. The summed E-state index contributed by atoms with van der Waals surface area (Å²) in [6.07, 6.45) is 0. The number of thiophene rings is 1. The second-order valence-corrected chi connectivity index (χ2v) is 6.21. The van der Waals surface area contributed by atoms with Gasteiger partial charge in [-0.2, -0.15) is 0 Å². The molecule has 1 heterocycles. The number of carboxylic acids is 1. The molecule has 0 saturated heterocycles. The summed E-state index contributed by atoms with van der Waals surface area (Å²) in [5, 5.41) is 14.5. The molecule has 2 rings (SSSR count). The molecule has 1 aromatic carbocycles. The smallest absolute Gasteiger partial charge is 0.337 e. The molecule has 1 aromatic heterocycles. The first-order valence-corrected chi connectivity index (χ1v) is 7.56. The summed E-state index contributed by atoms with van der Waals surface area (Å²) in [4.78, 5) is 12.2. The van der Waals surface area contributed by atoms with Crippen LogP contribution in [0, 0.1) is 0 Å². The van der Waals surface area contributed by atoms with E-state index in [1.807, 2.05) is 18.4 Å². The molecular weight excluding hydrogens is 350 g/mol. The lowest BCUT2D eigenvalue weighted by molar-refractivity contribution is 0.0697. The monoisotopic (exact) mass is 359 g/mol. The van der Waals surface area contributed by atoms with Gasteiger partial charge in [0.05, 0.1) is 16.6 Å². The number of halogens is 2. The maximum Gasteiger partial charge on any atom is 0.337 e. The molecule has 0 aliphatic heterocycles. The average molecular weight is 361 g/mol. The average Bonchev–Trinajstić information content (AvgIpc) is 2.77. The highest BCUT2D eigenvalue weighted by Gasteiger charge is 2.13. The Kier molecular flexibility index (Phi) is 4.50. The van der Waals surface area contributed by atoms with Crippen molar-refractivity contribution in [2.45, 2.75) is 13.0 Å². The van der Waals surface area contributed by atoms with E-state index in [2.05, 4.69) is 21.2 Å². The largest absolute Gasteiger partial charge is 0.478 e. The maximum absolute atomic E-state index is 11.0. The van der Waals surface area contributed by atoms with Crippen LogP contribution in [0.25, 0.3) is 0 Å². The Balaban J connectivity index is 2.22. The standard InChI is InChI=1S/C13H11BrClNO2S/c1-7(12-10(14)4-5-19-12)16-8-2-3-11(15)9(6-8)13(17)18/h2-7,16H,1H3,(H,17,18). The molecule has 0 aliphatic carbocycles. The first-order chi connectivity index (χ1) is 8.99. The summed E-state index contributed by atoms with van der Waals surface area (Å²) in [6.45, 7) is 2.02. The lowest BCUT2D eigenvalue weighted by atomic mass is 10.2. The summed E-state index contributed by atoms with van der Waals surface area (Å²) in [7, 11) is 0. The van der Waals surface area contributed by atoms with Gasteiger partial charge < -0.3 is 10.4 Å². The van der Waals surface area contributed by atoms with Crippen LogP contribution in [-0.2, 0) is 0 Å². The highest BCUT2D eigenvalue weighted by atomic mass is 79.9. The normalized spacial score (nSPS) is 12.2. The minimum absolute atomic E-state index is 0.0807. The molecule has 0 bridgehead atoms. The van der Waals surface area contributed by atoms with Crippen LogP contribution in [0.3, 0.4) is 0 Å². The van der Waals surface area contributed by atoms with Gasteiger partial charge in [-0.1, -0.05) is 11.6 Å². The molecule has 100 valence electrons. The second kappa shape index (κ2) is 5.94. The first-order valence-electron chi connectivity index (χ1n) is 5.51. The van der Waals surface area contributed by atoms with Gasteiger partial charge in [0.25, 0.3) is 0 Å². The summed E-state index contributed by atoms with van der Waals surface area (Å²) in [5.74, 6) is -1.03. The third kappa shape index (κ3) is 3.29. The fourth-order valence-electron chi connectivity index (χ4n) is 1.71. The van der Waals surface area contributed by atoms with Crippen LogP contribution >= 0.6 is 38.9 Å². The van der Waals surface area contributed by atoms with E-state index >= 15 is 0 Å². The van der Waals surface area contributed by atoms with Gasteiger partial charge in [0.1, 0.15) is 0 Å². The number of aromatic carboxylic acids is 1. The number of carboxylic acid groups (broad SMARTS) is 1. The summed E-state index contributed by atoms with van der Waals surface area (Å²) >= 11 is 11.0. The first kappa shape index (κ1) is 14.4.